The summed E-state index contributed by atoms with van der Waals surface area (Å²) in [5.41, 5.74) is 6.23. The molecule has 1 aromatic heterocycles. The van der Waals surface area contributed by atoms with Gasteiger partial charge in [-0.2, -0.15) is 0 Å². The summed E-state index contributed by atoms with van der Waals surface area (Å²) in [6, 6.07) is 21.3. The fraction of sp³-hybridized carbons (Fsp3) is 0.241. The number of carboxylic acid groups (broad SMARTS) is 1. The molecule has 0 bridgehead atoms. The van der Waals surface area contributed by atoms with E-state index in [1.165, 1.54) is 6.92 Å². The fourth-order valence-electron chi connectivity index (χ4n) is 4.14. The third-order valence-corrected chi connectivity index (χ3v) is 6.28. The van der Waals surface area contributed by atoms with Gasteiger partial charge in [0.1, 0.15) is 5.75 Å². The van der Waals surface area contributed by atoms with Crippen LogP contribution in [0, 0.1) is 13.8 Å². The summed E-state index contributed by atoms with van der Waals surface area (Å²) in [5.74, 6) is -0.259. The maximum Gasteiger partial charge on any atom is 0.332 e. The second-order valence-electron chi connectivity index (χ2n) is 8.73. The van der Waals surface area contributed by atoms with Crippen molar-refractivity contribution in [2.24, 2.45) is 0 Å². The first kappa shape index (κ1) is 24.2. The lowest BCUT2D eigenvalue weighted by Crippen LogP contribution is -2.19. The highest BCUT2D eigenvalue weighted by molar-refractivity contribution is 6.17. The molecule has 0 radical (unpaired) electrons. The zero-order valence-electron chi connectivity index (χ0n) is 20.4. The van der Waals surface area contributed by atoms with Crippen molar-refractivity contribution in [2.75, 3.05) is 7.11 Å². The van der Waals surface area contributed by atoms with Gasteiger partial charge in [0.25, 0.3) is 0 Å². The maximum atomic E-state index is 13.5. The van der Waals surface area contributed by atoms with Gasteiger partial charge in [-0.1, -0.05) is 54.1 Å². The van der Waals surface area contributed by atoms with Crippen LogP contribution in [0.5, 0.6) is 5.75 Å². The van der Waals surface area contributed by atoms with Gasteiger partial charge in [0.05, 0.1) is 24.8 Å². The van der Waals surface area contributed by atoms with E-state index in [9.17, 15) is 9.59 Å². The van der Waals surface area contributed by atoms with E-state index in [0.29, 0.717) is 17.7 Å². The number of aromatic nitrogens is 1. The second-order valence-corrected chi connectivity index (χ2v) is 8.73. The summed E-state index contributed by atoms with van der Waals surface area (Å²) < 4.78 is 13.0. The van der Waals surface area contributed by atoms with Crippen molar-refractivity contribution in [3.05, 3.63) is 100 Å². The van der Waals surface area contributed by atoms with Crippen LogP contribution in [-0.4, -0.2) is 34.6 Å². The summed E-state index contributed by atoms with van der Waals surface area (Å²) in [6.07, 6.45) is -0.858. The molecule has 0 unspecified atom stereocenters. The predicted octanol–water partition coefficient (Wildman–Crippen LogP) is 5.54. The minimum Gasteiger partial charge on any atom is -0.497 e. The monoisotopic (exact) mass is 471 g/mol. The average Bonchev–Trinajstić information content (AvgIpc) is 3.13. The number of aliphatic carboxylic acids is 1. The summed E-state index contributed by atoms with van der Waals surface area (Å²) in [5, 5.41) is 9.87. The predicted molar refractivity (Wildman–Crippen MR) is 135 cm³/mol. The Morgan fingerprint density at radius 2 is 1.60 bits per heavy atom. The lowest BCUT2D eigenvalue weighted by Gasteiger charge is -2.12. The van der Waals surface area contributed by atoms with Crippen molar-refractivity contribution in [1.82, 2.24) is 4.57 Å². The summed E-state index contributed by atoms with van der Waals surface area (Å²) >= 11 is 0. The summed E-state index contributed by atoms with van der Waals surface area (Å²) in [6.45, 7) is 6.29. The van der Waals surface area contributed by atoms with Crippen LogP contribution in [-0.2, 0) is 22.7 Å². The SMILES string of the molecule is COc1ccc2c(C(=O)c3ccc(C)cc3)c(C)n(Cc3ccc(CO[C@@H](C)C(=O)O)cc3)c2c1. The molecule has 0 aliphatic carbocycles. The number of carbonyl (C=O) groups is 2. The van der Waals surface area contributed by atoms with Gasteiger partial charge in [0.15, 0.2) is 11.9 Å². The fourth-order valence-corrected chi connectivity index (χ4v) is 4.14. The van der Waals surface area contributed by atoms with Crippen molar-refractivity contribution < 1.29 is 24.2 Å². The number of hydrogen-bond acceptors (Lipinski definition) is 4. The van der Waals surface area contributed by atoms with Crippen LogP contribution in [0.25, 0.3) is 10.9 Å². The zero-order valence-corrected chi connectivity index (χ0v) is 20.4. The van der Waals surface area contributed by atoms with Crippen LogP contribution in [0.3, 0.4) is 0 Å². The highest BCUT2D eigenvalue weighted by Crippen LogP contribution is 2.32. The number of ketones is 1. The van der Waals surface area contributed by atoms with Crippen LogP contribution in [0.15, 0.2) is 66.7 Å². The van der Waals surface area contributed by atoms with Crippen molar-refractivity contribution in [3.8, 4) is 5.75 Å². The van der Waals surface area contributed by atoms with Gasteiger partial charge in [-0.15, -0.1) is 0 Å². The summed E-state index contributed by atoms with van der Waals surface area (Å²) in [4.78, 5) is 24.5. The molecule has 1 heterocycles. The average molecular weight is 472 g/mol. The van der Waals surface area contributed by atoms with E-state index in [2.05, 4.69) is 4.57 Å². The topological polar surface area (TPSA) is 77.8 Å². The van der Waals surface area contributed by atoms with E-state index in [-0.39, 0.29) is 12.4 Å². The van der Waals surface area contributed by atoms with Crippen LogP contribution < -0.4 is 4.74 Å². The standard InChI is InChI=1S/C29H29NO5/c1-18-5-11-23(12-6-18)28(31)27-19(2)30(26-15-24(34-4)13-14-25(26)27)16-21-7-9-22(10-8-21)17-35-20(3)29(32)33/h5-15,20H,16-17H2,1-4H3,(H,32,33)/t20-/m0/s1. The molecule has 0 saturated carbocycles. The first-order valence-electron chi connectivity index (χ1n) is 11.5. The molecule has 1 atom stereocenters. The van der Waals surface area contributed by atoms with Crippen molar-refractivity contribution in [1.29, 1.82) is 0 Å². The largest absolute Gasteiger partial charge is 0.497 e. The number of rotatable bonds is 9. The molecule has 0 amide bonds. The van der Waals surface area contributed by atoms with E-state index in [1.807, 2.05) is 80.6 Å². The molecule has 35 heavy (non-hydrogen) atoms. The first-order valence-corrected chi connectivity index (χ1v) is 11.5. The number of carbonyl (C=O) groups excluding carboxylic acids is 1. The first-order chi connectivity index (χ1) is 16.8. The Hall–Kier alpha value is -3.90. The number of ether oxygens (including phenoxy) is 2. The van der Waals surface area contributed by atoms with Crippen LogP contribution in [0.2, 0.25) is 0 Å². The molecular formula is C29H29NO5. The number of methoxy groups -OCH3 is 1. The van der Waals surface area contributed by atoms with Gasteiger partial charge in [-0.3, -0.25) is 4.79 Å². The Balaban J connectivity index is 1.68. The molecule has 0 fully saturated rings. The molecule has 6 heteroatoms. The lowest BCUT2D eigenvalue weighted by molar-refractivity contribution is -0.149. The van der Waals surface area contributed by atoms with Gasteiger partial charge < -0.3 is 19.1 Å². The van der Waals surface area contributed by atoms with E-state index in [4.69, 9.17) is 14.6 Å². The highest BCUT2D eigenvalue weighted by Gasteiger charge is 2.22. The van der Waals surface area contributed by atoms with E-state index in [0.717, 1.165) is 39.0 Å². The Kier molecular flexibility index (Phi) is 7.03. The number of benzene rings is 3. The van der Waals surface area contributed by atoms with Gasteiger partial charge in [0, 0.05) is 29.3 Å². The Morgan fingerprint density at radius 3 is 2.23 bits per heavy atom. The third-order valence-electron chi connectivity index (χ3n) is 6.28. The van der Waals surface area contributed by atoms with Gasteiger partial charge in [-0.05, 0) is 44.0 Å². The lowest BCUT2D eigenvalue weighted by atomic mass is 9.99. The molecule has 6 nitrogen and oxygen atoms in total. The molecule has 3 aromatic carbocycles. The molecule has 0 aliphatic rings. The van der Waals surface area contributed by atoms with Crippen molar-refractivity contribution in [3.63, 3.8) is 0 Å². The van der Waals surface area contributed by atoms with Gasteiger partial charge in [-0.25, -0.2) is 4.79 Å². The zero-order chi connectivity index (χ0) is 25.1. The van der Waals surface area contributed by atoms with Gasteiger partial charge >= 0.3 is 5.97 Å². The minimum absolute atomic E-state index is 0.00327. The summed E-state index contributed by atoms with van der Waals surface area (Å²) in [7, 11) is 1.63. The molecular weight excluding hydrogens is 442 g/mol. The molecule has 0 spiro atoms. The van der Waals surface area contributed by atoms with E-state index in [1.54, 1.807) is 7.11 Å². The normalized spacial score (nSPS) is 12.0. The van der Waals surface area contributed by atoms with Crippen molar-refractivity contribution >= 4 is 22.7 Å². The highest BCUT2D eigenvalue weighted by atomic mass is 16.5. The molecule has 0 saturated heterocycles. The Morgan fingerprint density at radius 1 is 0.943 bits per heavy atom. The number of fused-ring (bicyclic) bond motifs is 1. The van der Waals surface area contributed by atoms with Gasteiger partial charge in [0.2, 0.25) is 0 Å². The second kappa shape index (κ2) is 10.2. The minimum atomic E-state index is -0.983. The number of nitrogens with zero attached hydrogens (tertiary/aromatic N) is 1. The van der Waals surface area contributed by atoms with Crippen LogP contribution in [0.4, 0.5) is 0 Å². The number of carboxylic acids is 1. The van der Waals surface area contributed by atoms with E-state index >= 15 is 0 Å². The molecule has 1 N–H and O–H groups in total. The molecule has 0 aliphatic heterocycles. The Bertz CT molecular complexity index is 1370. The molecule has 4 aromatic rings. The number of hydrogen-bond donors (Lipinski definition) is 1. The third kappa shape index (κ3) is 5.12. The maximum absolute atomic E-state index is 13.5. The smallest absolute Gasteiger partial charge is 0.332 e. The quantitative estimate of drug-likeness (QED) is 0.325. The van der Waals surface area contributed by atoms with Crippen LogP contribution >= 0.6 is 0 Å². The van der Waals surface area contributed by atoms with E-state index < -0.39 is 12.1 Å². The van der Waals surface area contributed by atoms with Crippen LogP contribution in [0.1, 0.15) is 45.2 Å². The molecule has 180 valence electrons. The molecule has 4 rings (SSSR count). The number of aryl methyl sites for hydroxylation is 1. The van der Waals surface area contributed by atoms with Crippen molar-refractivity contribution in [2.45, 2.75) is 40.0 Å². The Labute approximate surface area is 204 Å².